The minimum absolute atomic E-state index is 0.123. The molecule has 0 aliphatic carbocycles. The van der Waals surface area contributed by atoms with Crippen LogP contribution in [0, 0.1) is 6.92 Å². The van der Waals surface area contributed by atoms with Crippen molar-refractivity contribution in [1.82, 2.24) is 10.1 Å². The third-order valence-electron chi connectivity index (χ3n) is 4.48. The summed E-state index contributed by atoms with van der Waals surface area (Å²) < 4.78 is 10.3. The molecule has 3 aromatic rings. The summed E-state index contributed by atoms with van der Waals surface area (Å²) in [5.41, 5.74) is 1.86. The van der Waals surface area contributed by atoms with Gasteiger partial charge in [0, 0.05) is 23.5 Å². The molecular formula is C21H25N3O3S. The summed E-state index contributed by atoms with van der Waals surface area (Å²) in [7, 11) is 1.65. The van der Waals surface area contributed by atoms with Gasteiger partial charge in [-0.25, -0.2) is 0 Å². The summed E-state index contributed by atoms with van der Waals surface area (Å²) >= 11 is 1.74. The summed E-state index contributed by atoms with van der Waals surface area (Å²) in [4.78, 5) is 16.0. The zero-order valence-corrected chi connectivity index (χ0v) is 17.2. The fourth-order valence-corrected chi connectivity index (χ4v) is 3.79. The Morgan fingerprint density at radius 1 is 1.32 bits per heavy atom. The normalized spacial score (nSPS) is 12.1. The van der Waals surface area contributed by atoms with Gasteiger partial charge in [-0.15, -0.1) is 11.3 Å². The van der Waals surface area contributed by atoms with Crippen LogP contribution in [0.3, 0.4) is 0 Å². The Bertz CT molecular complexity index is 875. The van der Waals surface area contributed by atoms with Crippen LogP contribution in [0.5, 0.6) is 5.75 Å². The van der Waals surface area contributed by atoms with Gasteiger partial charge in [-0.1, -0.05) is 23.4 Å². The number of ether oxygens (including phenoxy) is 1. The van der Waals surface area contributed by atoms with Crippen LogP contribution in [-0.2, 0) is 17.8 Å². The third kappa shape index (κ3) is 5.68. The monoisotopic (exact) mass is 399 g/mol. The van der Waals surface area contributed by atoms with E-state index in [0.29, 0.717) is 12.4 Å². The predicted molar refractivity (Wildman–Crippen MR) is 111 cm³/mol. The zero-order valence-electron chi connectivity index (χ0n) is 16.3. The van der Waals surface area contributed by atoms with Crippen molar-refractivity contribution in [2.24, 2.45) is 0 Å². The lowest BCUT2D eigenvalue weighted by molar-refractivity contribution is -0.118. The molecule has 0 radical (unpaired) electrons. The molecule has 1 atom stereocenters. The minimum atomic E-state index is -0.123. The first-order valence-electron chi connectivity index (χ1n) is 9.16. The van der Waals surface area contributed by atoms with Gasteiger partial charge >= 0.3 is 0 Å². The first-order chi connectivity index (χ1) is 13.5. The van der Waals surface area contributed by atoms with Gasteiger partial charge in [0.2, 0.25) is 11.8 Å². The molecule has 28 heavy (non-hydrogen) atoms. The molecule has 0 saturated carbocycles. The smallest absolute Gasteiger partial charge is 0.240 e. The lowest BCUT2D eigenvalue weighted by atomic mass is 10.1. The number of carbonyl (C=O) groups excluding carboxylic acids is 1. The summed E-state index contributed by atoms with van der Waals surface area (Å²) in [5, 5.41) is 8.67. The molecule has 1 amide bonds. The van der Waals surface area contributed by atoms with Crippen molar-refractivity contribution in [2.45, 2.75) is 32.9 Å². The Balaban J connectivity index is 1.69. The summed E-state index contributed by atoms with van der Waals surface area (Å²) in [6.07, 6.45) is 0.891. The molecule has 2 aromatic heterocycles. The Morgan fingerprint density at radius 2 is 2.11 bits per heavy atom. The number of anilines is 1. The molecule has 6 nitrogen and oxygen atoms in total. The average molecular weight is 400 g/mol. The van der Waals surface area contributed by atoms with E-state index in [4.69, 9.17) is 9.26 Å². The van der Waals surface area contributed by atoms with Crippen molar-refractivity contribution >= 4 is 23.1 Å². The van der Waals surface area contributed by atoms with Crippen molar-refractivity contribution in [3.8, 4) is 5.75 Å². The largest absolute Gasteiger partial charge is 0.497 e. The van der Waals surface area contributed by atoms with Crippen molar-refractivity contribution < 1.29 is 14.1 Å². The van der Waals surface area contributed by atoms with Gasteiger partial charge in [-0.2, -0.15) is 0 Å². The number of nitrogens with one attached hydrogen (secondary N) is 1. The van der Waals surface area contributed by atoms with Crippen LogP contribution in [0.4, 0.5) is 5.88 Å². The molecular weight excluding hydrogens is 374 g/mol. The van der Waals surface area contributed by atoms with Crippen LogP contribution in [0.15, 0.2) is 52.4 Å². The van der Waals surface area contributed by atoms with Gasteiger partial charge in [0.15, 0.2) is 0 Å². The lowest BCUT2D eigenvalue weighted by Crippen LogP contribution is -2.40. The Labute approximate surface area is 169 Å². The second-order valence-corrected chi connectivity index (χ2v) is 7.80. The van der Waals surface area contributed by atoms with Crippen molar-refractivity contribution in [2.75, 3.05) is 19.0 Å². The number of methoxy groups -OCH3 is 1. The van der Waals surface area contributed by atoms with Crippen LogP contribution in [-0.4, -0.2) is 35.7 Å². The van der Waals surface area contributed by atoms with Crippen LogP contribution >= 0.6 is 11.3 Å². The fourth-order valence-electron chi connectivity index (χ4n) is 2.97. The molecule has 0 fully saturated rings. The molecule has 0 aliphatic heterocycles. The maximum Gasteiger partial charge on any atom is 0.240 e. The first-order valence-corrected chi connectivity index (χ1v) is 10.0. The van der Waals surface area contributed by atoms with E-state index in [1.54, 1.807) is 24.5 Å². The van der Waals surface area contributed by atoms with Crippen molar-refractivity contribution in [3.05, 3.63) is 64.0 Å². The molecule has 1 N–H and O–H groups in total. The zero-order chi connectivity index (χ0) is 19.9. The van der Waals surface area contributed by atoms with Gasteiger partial charge in [0.25, 0.3) is 0 Å². The van der Waals surface area contributed by atoms with Crippen LogP contribution < -0.4 is 10.1 Å². The highest BCUT2D eigenvalue weighted by atomic mass is 32.1. The molecule has 1 unspecified atom stereocenters. The van der Waals surface area contributed by atoms with Crippen molar-refractivity contribution in [3.63, 3.8) is 0 Å². The van der Waals surface area contributed by atoms with E-state index in [0.717, 1.165) is 23.4 Å². The maximum absolute atomic E-state index is 12.6. The van der Waals surface area contributed by atoms with E-state index >= 15 is 0 Å². The van der Waals surface area contributed by atoms with Gasteiger partial charge in [0.1, 0.15) is 5.75 Å². The Morgan fingerprint density at radius 3 is 2.71 bits per heavy atom. The summed E-state index contributed by atoms with van der Waals surface area (Å²) in [6.45, 7) is 4.89. The van der Waals surface area contributed by atoms with E-state index in [-0.39, 0.29) is 18.5 Å². The average Bonchev–Trinajstić information content (AvgIpc) is 3.33. The molecule has 0 aliphatic rings. The summed E-state index contributed by atoms with van der Waals surface area (Å²) in [5.74, 6) is 1.07. The number of rotatable bonds is 9. The van der Waals surface area contributed by atoms with Gasteiger partial charge in [0.05, 0.1) is 19.3 Å². The van der Waals surface area contributed by atoms with E-state index in [1.165, 1.54) is 4.88 Å². The SMILES string of the molecule is COc1ccc(CN(CC(=O)Nc2cc(C)no2)C(C)Cc2cccs2)cc1. The molecule has 7 heteroatoms. The number of hydrogen-bond donors (Lipinski definition) is 1. The highest BCUT2D eigenvalue weighted by Crippen LogP contribution is 2.18. The number of carbonyl (C=O) groups is 1. The highest BCUT2D eigenvalue weighted by Gasteiger charge is 2.19. The van der Waals surface area contributed by atoms with E-state index in [1.807, 2.05) is 31.2 Å². The van der Waals surface area contributed by atoms with Crippen LogP contribution in [0.1, 0.15) is 23.1 Å². The first kappa shape index (κ1) is 20.1. The van der Waals surface area contributed by atoms with Crippen LogP contribution in [0.2, 0.25) is 0 Å². The second-order valence-electron chi connectivity index (χ2n) is 6.77. The van der Waals surface area contributed by atoms with Gasteiger partial charge in [-0.05, 0) is 49.4 Å². The lowest BCUT2D eigenvalue weighted by Gasteiger charge is -2.28. The number of hydrogen-bond acceptors (Lipinski definition) is 6. The number of thiophene rings is 1. The third-order valence-corrected chi connectivity index (χ3v) is 5.38. The van der Waals surface area contributed by atoms with Gasteiger partial charge < -0.3 is 9.26 Å². The van der Waals surface area contributed by atoms with E-state index < -0.39 is 0 Å². The predicted octanol–water partition coefficient (Wildman–Crippen LogP) is 4.13. The maximum atomic E-state index is 12.6. The molecule has 1 aromatic carbocycles. The van der Waals surface area contributed by atoms with Crippen molar-refractivity contribution in [1.29, 1.82) is 0 Å². The highest BCUT2D eigenvalue weighted by molar-refractivity contribution is 7.09. The van der Waals surface area contributed by atoms with E-state index in [9.17, 15) is 4.79 Å². The van der Waals surface area contributed by atoms with Crippen LogP contribution in [0.25, 0.3) is 0 Å². The number of aryl methyl sites for hydroxylation is 1. The quantitative estimate of drug-likeness (QED) is 0.586. The second kappa shape index (κ2) is 9.52. The topological polar surface area (TPSA) is 67.6 Å². The number of nitrogens with zero attached hydrogens (tertiary/aromatic N) is 2. The Hall–Kier alpha value is -2.64. The number of amides is 1. The molecule has 0 spiro atoms. The molecule has 148 valence electrons. The molecule has 0 bridgehead atoms. The molecule has 0 saturated heterocycles. The standard InChI is InChI=1S/C21H25N3O3S/c1-15-11-21(27-23-15)22-20(25)14-24(16(2)12-19-5-4-10-28-19)13-17-6-8-18(26-3)9-7-17/h4-11,16H,12-14H2,1-3H3,(H,22,25). The molecule has 3 rings (SSSR count). The number of aromatic nitrogens is 1. The van der Waals surface area contributed by atoms with E-state index in [2.05, 4.69) is 39.8 Å². The number of benzene rings is 1. The fraction of sp³-hybridized carbons (Fsp3) is 0.333. The minimum Gasteiger partial charge on any atom is -0.497 e. The Kier molecular flexibility index (Phi) is 6.84. The molecule has 2 heterocycles. The van der Waals surface area contributed by atoms with Gasteiger partial charge in [-0.3, -0.25) is 15.0 Å². The summed E-state index contributed by atoms with van der Waals surface area (Å²) in [6, 6.07) is 14.0.